The van der Waals surface area contributed by atoms with Crippen LogP contribution >= 0.6 is 0 Å². The van der Waals surface area contributed by atoms with Gasteiger partial charge in [-0.3, -0.25) is 10.1 Å². The van der Waals surface area contributed by atoms with Gasteiger partial charge in [0.25, 0.3) is 5.69 Å². The van der Waals surface area contributed by atoms with Crippen LogP contribution in [-0.2, 0) is 0 Å². The minimum Gasteiger partial charge on any atom is -0.394 e. The van der Waals surface area contributed by atoms with Crippen LogP contribution in [0.15, 0.2) is 24.3 Å². The number of hydrogen-bond acceptors (Lipinski definition) is 5. The first-order chi connectivity index (χ1) is 8.11. The Balaban J connectivity index is 2.19. The summed E-state index contributed by atoms with van der Waals surface area (Å²) in [6, 6.07) is 6.01. The van der Waals surface area contributed by atoms with E-state index >= 15 is 0 Å². The summed E-state index contributed by atoms with van der Waals surface area (Å²) in [6.07, 6.45) is 0.0652. The number of nitro groups is 1. The molecule has 0 spiro atoms. The van der Waals surface area contributed by atoms with Crippen LogP contribution in [0, 0.1) is 10.1 Å². The van der Waals surface area contributed by atoms with Gasteiger partial charge in [0.1, 0.15) is 0 Å². The van der Waals surface area contributed by atoms with E-state index in [4.69, 9.17) is 0 Å². The van der Waals surface area contributed by atoms with Crippen molar-refractivity contribution >= 4 is 11.4 Å². The second-order valence-electron chi connectivity index (χ2n) is 4.15. The number of aliphatic hydroxyl groups is 2. The summed E-state index contributed by atoms with van der Waals surface area (Å²) in [5, 5.41) is 29.3. The molecule has 1 aromatic carbocycles. The maximum atomic E-state index is 10.5. The highest BCUT2D eigenvalue weighted by Gasteiger charge is 2.30. The molecule has 2 rings (SSSR count). The third-order valence-corrected chi connectivity index (χ3v) is 3.00. The average Bonchev–Trinajstić information content (AvgIpc) is 2.70. The average molecular weight is 238 g/mol. The molecule has 0 unspecified atom stereocenters. The van der Waals surface area contributed by atoms with Gasteiger partial charge in [-0.15, -0.1) is 0 Å². The molecule has 6 nitrogen and oxygen atoms in total. The largest absolute Gasteiger partial charge is 0.394 e. The van der Waals surface area contributed by atoms with Crippen molar-refractivity contribution in [2.45, 2.75) is 18.6 Å². The summed E-state index contributed by atoms with van der Waals surface area (Å²) in [4.78, 5) is 11.9. The Morgan fingerprint density at radius 1 is 1.41 bits per heavy atom. The van der Waals surface area contributed by atoms with Crippen molar-refractivity contribution in [2.75, 3.05) is 18.1 Å². The Bertz CT molecular complexity index is 406. The van der Waals surface area contributed by atoms with E-state index in [1.54, 1.807) is 12.1 Å². The number of non-ortho nitro benzene ring substituents is 1. The highest BCUT2D eigenvalue weighted by Crippen LogP contribution is 2.27. The Hall–Kier alpha value is -1.66. The molecular weight excluding hydrogens is 224 g/mol. The fourth-order valence-electron chi connectivity index (χ4n) is 2.15. The zero-order chi connectivity index (χ0) is 12.4. The molecule has 1 aromatic rings. The van der Waals surface area contributed by atoms with E-state index in [9.17, 15) is 20.3 Å². The molecule has 1 aliphatic heterocycles. The first kappa shape index (κ1) is 11.8. The number of benzene rings is 1. The van der Waals surface area contributed by atoms with Crippen molar-refractivity contribution < 1.29 is 15.1 Å². The number of anilines is 1. The smallest absolute Gasteiger partial charge is 0.269 e. The van der Waals surface area contributed by atoms with Gasteiger partial charge in [0.15, 0.2) is 0 Å². The van der Waals surface area contributed by atoms with E-state index in [1.807, 2.05) is 4.90 Å². The second-order valence-corrected chi connectivity index (χ2v) is 4.15. The molecule has 1 saturated heterocycles. The standard InChI is InChI=1S/C11H14N2O4/c14-7-10-5-11(15)6-12(10)8-1-3-9(4-2-8)13(16)17/h1-4,10-11,14-15H,5-7H2/t10-,11+/m0/s1. The van der Waals surface area contributed by atoms with Gasteiger partial charge in [0.2, 0.25) is 0 Å². The Morgan fingerprint density at radius 3 is 2.59 bits per heavy atom. The number of aliphatic hydroxyl groups excluding tert-OH is 2. The lowest BCUT2D eigenvalue weighted by atomic mass is 10.2. The van der Waals surface area contributed by atoms with Crippen LogP contribution in [0.2, 0.25) is 0 Å². The quantitative estimate of drug-likeness (QED) is 0.592. The molecule has 1 aliphatic rings. The van der Waals surface area contributed by atoms with Crippen LogP contribution in [0.25, 0.3) is 0 Å². The van der Waals surface area contributed by atoms with E-state index in [-0.39, 0.29) is 18.3 Å². The highest BCUT2D eigenvalue weighted by molar-refractivity contribution is 5.52. The van der Waals surface area contributed by atoms with Gasteiger partial charge < -0.3 is 15.1 Å². The molecule has 92 valence electrons. The molecule has 1 heterocycles. The highest BCUT2D eigenvalue weighted by atomic mass is 16.6. The minimum absolute atomic E-state index is 0.0337. The second kappa shape index (κ2) is 4.68. The number of hydrogen-bond donors (Lipinski definition) is 2. The third-order valence-electron chi connectivity index (χ3n) is 3.00. The molecular formula is C11H14N2O4. The SMILES string of the molecule is O=[N+]([O-])c1ccc(N2C[C@H](O)C[C@H]2CO)cc1. The monoisotopic (exact) mass is 238 g/mol. The summed E-state index contributed by atoms with van der Waals surface area (Å²) in [5.74, 6) is 0. The van der Waals surface area contributed by atoms with E-state index in [0.29, 0.717) is 13.0 Å². The van der Waals surface area contributed by atoms with Gasteiger partial charge in [0.05, 0.1) is 23.7 Å². The molecule has 2 atom stereocenters. The minimum atomic E-state index is -0.456. The maximum Gasteiger partial charge on any atom is 0.269 e. The first-order valence-electron chi connectivity index (χ1n) is 5.42. The fourth-order valence-corrected chi connectivity index (χ4v) is 2.15. The third kappa shape index (κ3) is 2.37. The summed E-state index contributed by atoms with van der Waals surface area (Å²) in [5.41, 5.74) is 0.820. The van der Waals surface area contributed by atoms with Gasteiger partial charge in [-0.1, -0.05) is 0 Å². The molecule has 0 saturated carbocycles. The predicted octanol–water partition coefficient (Wildman–Crippen LogP) is 0.527. The zero-order valence-electron chi connectivity index (χ0n) is 9.19. The molecule has 0 aromatic heterocycles. The van der Waals surface area contributed by atoms with Crippen LogP contribution < -0.4 is 4.90 Å². The van der Waals surface area contributed by atoms with Crippen LogP contribution in [0.1, 0.15) is 6.42 Å². The van der Waals surface area contributed by atoms with Crippen molar-refractivity contribution in [1.29, 1.82) is 0 Å². The van der Waals surface area contributed by atoms with Crippen LogP contribution in [0.3, 0.4) is 0 Å². The van der Waals surface area contributed by atoms with Crippen molar-refractivity contribution in [1.82, 2.24) is 0 Å². The summed E-state index contributed by atoms with van der Waals surface area (Å²) in [7, 11) is 0. The van der Waals surface area contributed by atoms with Crippen molar-refractivity contribution in [3.63, 3.8) is 0 Å². The molecule has 1 fully saturated rings. The lowest BCUT2D eigenvalue weighted by Crippen LogP contribution is -2.32. The van der Waals surface area contributed by atoms with Crippen molar-refractivity contribution in [3.05, 3.63) is 34.4 Å². The topological polar surface area (TPSA) is 86.8 Å². The lowest BCUT2D eigenvalue weighted by Gasteiger charge is -2.24. The number of rotatable bonds is 3. The number of nitro benzene ring substituents is 1. The lowest BCUT2D eigenvalue weighted by molar-refractivity contribution is -0.384. The first-order valence-corrected chi connectivity index (χ1v) is 5.42. The molecule has 6 heteroatoms. The van der Waals surface area contributed by atoms with Gasteiger partial charge in [0, 0.05) is 24.4 Å². The van der Waals surface area contributed by atoms with Gasteiger partial charge in [-0.2, -0.15) is 0 Å². The van der Waals surface area contributed by atoms with E-state index < -0.39 is 11.0 Å². The van der Waals surface area contributed by atoms with Gasteiger partial charge in [-0.05, 0) is 18.6 Å². The normalized spacial score (nSPS) is 24.0. The molecule has 0 bridgehead atoms. The molecule has 0 aliphatic carbocycles. The van der Waals surface area contributed by atoms with E-state index in [0.717, 1.165) is 5.69 Å². The predicted molar refractivity (Wildman–Crippen MR) is 61.9 cm³/mol. The van der Waals surface area contributed by atoms with Gasteiger partial charge >= 0.3 is 0 Å². The maximum absolute atomic E-state index is 10.5. The summed E-state index contributed by atoms with van der Waals surface area (Å²) >= 11 is 0. The summed E-state index contributed by atoms with van der Waals surface area (Å²) < 4.78 is 0. The van der Waals surface area contributed by atoms with Crippen molar-refractivity contribution in [3.8, 4) is 0 Å². The Labute approximate surface area is 98.3 Å². The molecule has 17 heavy (non-hydrogen) atoms. The molecule has 0 amide bonds. The number of β-amino-alcohol motifs (C(OH)–C–C–N with tert-alkyl or cyclic N) is 1. The van der Waals surface area contributed by atoms with Crippen LogP contribution in [0.5, 0.6) is 0 Å². The van der Waals surface area contributed by atoms with Crippen molar-refractivity contribution in [2.24, 2.45) is 0 Å². The van der Waals surface area contributed by atoms with Crippen LogP contribution in [-0.4, -0.2) is 40.4 Å². The fraction of sp³-hybridized carbons (Fsp3) is 0.455. The van der Waals surface area contributed by atoms with E-state index in [2.05, 4.69) is 0 Å². The number of nitrogens with zero attached hydrogens (tertiary/aromatic N) is 2. The molecule has 2 N–H and O–H groups in total. The van der Waals surface area contributed by atoms with E-state index in [1.165, 1.54) is 12.1 Å². The Morgan fingerprint density at radius 2 is 2.06 bits per heavy atom. The zero-order valence-corrected chi connectivity index (χ0v) is 9.19. The molecule has 0 radical (unpaired) electrons. The van der Waals surface area contributed by atoms with Gasteiger partial charge in [-0.25, -0.2) is 0 Å². The van der Waals surface area contributed by atoms with Crippen LogP contribution in [0.4, 0.5) is 11.4 Å². The summed E-state index contributed by atoms with van der Waals surface area (Å²) in [6.45, 7) is 0.414. The Kier molecular flexibility index (Phi) is 3.26.